The lowest BCUT2D eigenvalue weighted by molar-refractivity contribution is -0.380. The van der Waals surface area contributed by atoms with E-state index in [0.29, 0.717) is 6.54 Å². The van der Waals surface area contributed by atoms with Gasteiger partial charge in [-0.05, 0) is 24.7 Å². The summed E-state index contributed by atoms with van der Waals surface area (Å²) in [5.41, 5.74) is 0.994. The predicted octanol–water partition coefficient (Wildman–Crippen LogP) is 3.67. The van der Waals surface area contributed by atoms with E-state index in [9.17, 15) is 10.1 Å². The molecule has 0 radical (unpaired) electrons. The van der Waals surface area contributed by atoms with Crippen LogP contribution in [0.4, 0.5) is 5.00 Å². The third kappa shape index (κ3) is 3.96. The van der Waals surface area contributed by atoms with Gasteiger partial charge < -0.3 is 5.32 Å². The van der Waals surface area contributed by atoms with Gasteiger partial charge in [0.05, 0.1) is 4.92 Å². The second-order valence-electron chi connectivity index (χ2n) is 4.25. The van der Waals surface area contributed by atoms with E-state index in [1.165, 1.54) is 11.3 Å². The van der Waals surface area contributed by atoms with Crippen molar-refractivity contribution in [2.75, 3.05) is 12.8 Å². The maximum atomic E-state index is 10.6. The summed E-state index contributed by atoms with van der Waals surface area (Å²) in [7, 11) is 0. The molecule has 102 valence electrons. The average Bonchev–Trinajstić information content (AvgIpc) is 2.84. The van der Waals surface area contributed by atoms with Gasteiger partial charge in [0.2, 0.25) is 0 Å². The van der Waals surface area contributed by atoms with Crippen molar-refractivity contribution >= 4 is 28.1 Å². The van der Waals surface area contributed by atoms with Crippen LogP contribution in [0.25, 0.3) is 0 Å². The van der Waals surface area contributed by atoms with Crippen LogP contribution in [0.2, 0.25) is 0 Å². The Balaban J connectivity index is 2.47. The van der Waals surface area contributed by atoms with Crippen molar-refractivity contribution in [2.24, 2.45) is 0 Å². The molecule has 1 N–H and O–H groups in total. The molecule has 0 saturated carbocycles. The van der Waals surface area contributed by atoms with Crippen LogP contribution >= 0.6 is 23.1 Å². The molecular weight excluding hydrogens is 268 g/mol. The Hall–Kier alpha value is -0.590. The minimum absolute atomic E-state index is 0.217. The Labute approximate surface area is 116 Å². The quantitative estimate of drug-likeness (QED) is 0.586. The smallest absolute Gasteiger partial charge is 0.311 e. The number of hydrogen-bond acceptors (Lipinski definition) is 5. The van der Waals surface area contributed by atoms with E-state index in [1.54, 1.807) is 6.07 Å². The fraction of sp³-hybridized carbons (Fsp3) is 0.667. The minimum Gasteiger partial charge on any atom is -0.311 e. The average molecular weight is 288 g/mol. The number of nitro groups is 1. The first-order chi connectivity index (χ1) is 8.56. The molecule has 0 bridgehead atoms. The van der Waals surface area contributed by atoms with E-state index in [4.69, 9.17) is 0 Å². The molecule has 6 heteroatoms. The lowest BCUT2D eigenvalue weighted by Crippen LogP contribution is -2.36. The van der Waals surface area contributed by atoms with E-state index < -0.39 is 0 Å². The molecule has 1 heterocycles. The fourth-order valence-electron chi connectivity index (χ4n) is 1.85. The maximum absolute atomic E-state index is 10.6. The van der Waals surface area contributed by atoms with Gasteiger partial charge in [-0.3, -0.25) is 10.1 Å². The van der Waals surface area contributed by atoms with Gasteiger partial charge in [0, 0.05) is 29.3 Å². The van der Waals surface area contributed by atoms with Gasteiger partial charge in [-0.2, -0.15) is 11.8 Å². The molecular formula is C12H20N2O2S2. The minimum atomic E-state index is -0.335. The van der Waals surface area contributed by atoms with Crippen LogP contribution in [0.1, 0.15) is 32.3 Å². The number of thiophene rings is 1. The van der Waals surface area contributed by atoms with Crippen molar-refractivity contribution < 1.29 is 4.92 Å². The highest BCUT2D eigenvalue weighted by Gasteiger charge is 2.24. The van der Waals surface area contributed by atoms with Crippen LogP contribution in [0, 0.1) is 10.1 Å². The molecule has 0 amide bonds. The molecule has 0 unspecified atom stereocenters. The molecule has 0 spiro atoms. The van der Waals surface area contributed by atoms with Crippen LogP contribution in [0.15, 0.2) is 11.4 Å². The van der Waals surface area contributed by atoms with Gasteiger partial charge in [0.15, 0.2) is 0 Å². The molecule has 18 heavy (non-hydrogen) atoms. The molecule has 1 aromatic heterocycles. The summed E-state index contributed by atoms with van der Waals surface area (Å²) < 4.78 is 0.280. The Kier molecular flexibility index (Phi) is 6.11. The van der Waals surface area contributed by atoms with Gasteiger partial charge in [-0.1, -0.05) is 25.2 Å². The second kappa shape index (κ2) is 7.11. The topological polar surface area (TPSA) is 55.2 Å². The largest absolute Gasteiger partial charge is 0.324 e. The standard InChI is InChI=1S/C12H20N2O2S2/c1-4-12(5-2,17-3)9-13-7-10-6-11(14(15)16)18-8-10/h6,8,13H,4-5,7,9H2,1-3H3. The van der Waals surface area contributed by atoms with Crippen molar-refractivity contribution in [2.45, 2.75) is 38.0 Å². The molecule has 1 aromatic rings. The SMILES string of the molecule is CCC(CC)(CNCc1csc([N+](=O)[O-])c1)SC. The Morgan fingerprint density at radius 3 is 2.61 bits per heavy atom. The lowest BCUT2D eigenvalue weighted by Gasteiger charge is -2.29. The third-order valence-corrected chi connectivity index (χ3v) is 5.83. The third-order valence-electron chi connectivity index (χ3n) is 3.32. The van der Waals surface area contributed by atoms with Crippen LogP contribution in [0.3, 0.4) is 0 Å². The molecule has 0 atom stereocenters. The molecule has 0 aliphatic heterocycles. The summed E-state index contributed by atoms with van der Waals surface area (Å²) in [5, 5.41) is 16.1. The zero-order valence-electron chi connectivity index (χ0n) is 11.1. The molecule has 0 aliphatic rings. The fourth-order valence-corrected chi connectivity index (χ4v) is 3.40. The first-order valence-electron chi connectivity index (χ1n) is 6.04. The highest BCUT2D eigenvalue weighted by Crippen LogP contribution is 2.29. The number of nitrogens with one attached hydrogen (secondary N) is 1. The molecule has 0 saturated heterocycles. The van der Waals surface area contributed by atoms with E-state index in [-0.39, 0.29) is 14.7 Å². The van der Waals surface area contributed by atoms with Crippen LogP contribution < -0.4 is 5.32 Å². The second-order valence-corrected chi connectivity index (χ2v) is 6.41. The molecule has 0 fully saturated rings. The van der Waals surface area contributed by atoms with Gasteiger partial charge in [0.25, 0.3) is 0 Å². The van der Waals surface area contributed by atoms with Gasteiger partial charge in [-0.25, -0.2) is 0 Å². The monoisotopic (exact) mass is 288 g/mol. The van der Waals surface area contributed by atoms with Crippen molar-refractivity contribution in [3.05, 3.63) is 27.1 Å². The zero-order valence-corrected chi connectivity index (χ0v) is 12.7. The number of hydrogen-bond donors (Lipinski definition) is 1. The van der Waals surface area contributed by atoms with Crippen molar-refractivity contribution in [3.8, 4) is 0 Å². The Morgan fingerprint density at radius 2 is 2.17 bits per heavy atom. The van der Waals surface area contributed by atoms with E-state index in [0.717, 1.165) is 24.9 Å². The van der Waals surface area contributed by atoms with Gasteiger partial charge in [-0.15, -0.1) is 0 Å². The van der Waals surface area contributed by atoms with E-state index >= 15 is 0 Å². The highest BCUT2D eigenvalue weighted by molar-refractivity contribution is 8.00. The number of rotatable bonds is 8. The Morgan fingerprint density at radius 1 is 1.50 bits per heavy atom. The summed E-state index contributed by atoms with van der Waals surface area (Å²) in [4.78, 5) is 10.2. The Bertz CT molecular complexity index is 381. The summed E-state index contributed by atoms with van der Waals surface area (Å²) in [6.45, 7) is 6.05. The number of thioether (sulfide) groups is 1. The molecule has 0 aliphatic carbocycles. The van der Waals surface area contributed by atoms with Crippen molar-refractivity contribution in [1.29, 1.82) is 0 Å². The normalized spacial score (nSPS) is 11.7. The van der Waals surface area contributed by atoms with E-state index in [2.05, 4.69) is 25.4 Å². The molecule has 1 rings (SSSR count). The number of nitrogens with zero attached hydrogens (tertiary/aromatic N) is 1. The van der Waals surface area contributed by atoms with Crippen LogP contribution in [0.5, 0.6) is 0 Å². The van der Waals surface area contributed by atoms with Crippen LogP contribution in [-0.2, 0) is 6.54 Å². The van der Waals surface area contributed by atoms with Crippen LogP contribution in [-0.4, -0.2) is 22.5 Å². The maximum Gasteiger partial charge on any atom is 0.324 e. The lowest BCUT2D eigenvalue weighted by atomic mass is 10.0. The van der Waals surface area contributed by atoms with Gasteiger partial charge >= 0.3 is 5.00 Å². The van der Waals surface area contributed by atoms with E-state index in [1.807, 2.05) is 17.1 Å². The molecule has 0 aromatic carbocycles. The van der Waals surface area contributed by atoms with Gasteiger partial charge in [0.1, 0.15) is 0 Å². The van der Waals surface area contributed by atoms with Crippen molar-refractivity contribution in [3.63, 3.8) is 0 Å². The first kappa shape index (κ1) is 15.5. The summed E-state index contributed by atoms with van der Waals surface area (Å²) >= 11 is 3.08. The highest BCUT2D eigenvalue weighted by atomic mass is 32.2. The summed E-state index contributed by atoms with van der Waals surface area (Å²) in [6, 6.07) is 1.65. The molecule has 4 nitrogen and oxygen atoms in total. The summed E-state index contributed by atoms with van der Waals surface area (Å²) in [5.74, 6) is 0. The predicted molar refractivity (Wildman–Crippen MR) is 79.5 cm³/mol. The zero-order chi connectivity index (χ0) is 13.6. The summed E-state index contributed by atoms with van der Waals surface area (Å²) in [6.07, 6.45) is 4.40. The first-order valence-corrected chi connectivity index (χ1v) is 8.15. The van der Waals surface area contributed by atoms with Crippen molar-refractivity contribution in [1.82, 2.24) is 5.32 Å².